The van der Waals surface area contributed by atoms with Gasteiger partial charge in [-0.25, -0.2) is 0 Å². The van der Waals surface area contributed by atoms with Gasteiger partial charge in [-0.1, -0.05) is 18.2 Å². The zero-order valence-electron chi connectivity index (χ0n) is 20.1. The molecule has 0 amide bonds. The van der Waals surface area contributed by atoms with Crippen molar-refractivity contribution in [3.8, 4) is 17.6 Å². The molecule has 0 spiro atoms. The zero-order valence-corrected chi connectivity index (χ0v) is 20.1. The lowest BCUT2D eigenvalue weighted by atomic mass is 9.84. The van der Waals surface area contributed by atoms with Gasteiger partial charge >= 0.3 is 0 Å². The van der Waals surface area contributed by atoms with E-state index in [2.05, 4.69) is 40.1 Å². The minimum absolute atomic E-state index is 0.747. The van der Waals surface area contributed by atoms with Crippen molar-refractivity contribution in [3.05, 3.63) is 59.2 Å². The van der Waals surface area contributed by atoms with Crippen molar-refractivity contribution in [1.29, 1.82) is 5.26 Å². The molecule has 4 rings (SSSR count). The number of rotatable bonds is 10. The van der Waals surface area contributed by atoms with Crippen molar-refractivity contribution in [2.45, 2.75) is 32.1 Å². The highest BCUT2D eigenvalue weighted by Crippen LogP contribution is 2.30. The van der Waals surface area contributed by atoms with Crippen LogP contribution in [0.2, 0.25) is 0 Å². The van der Waals surface area contributed by atoms with Gasteiger partial charge in [0.15, 0.2) is 11.5 Å². The van der Waals surface area contributed by atoms with Gasteiger partial charge in [-0.15, -0.1) is 0 Å². The summed E-state index contributed by atoms with van der Waals surface area (Å²) in [7, 11) is 3.38. The summed E-state index contributed by atoms with van der Waals surface area (Å²) >= 11 is 0. The van der Waals surface area contributed by atoms with Crippen LogP contribution in [0.5, 0.6) is 11.5 Å². The van der Waals surface area contributed by atoms with Crippen molar-refractivity contribution >= 4 is 0 Å². The lowest BCUT2D eigenvalue weighted by Gasteiger charge is -2.46. The standard InChI is InChI=1S/C28H37N3O2/c1-32-27-11-10-23(16-28(27)33-2)12-14-31-20-25-15-26(21-31)19-30(18-25)13-4-3-5-22-6-8-24(17-29)9-7-22/h6-11,16,25-26H,3-5,12-15,18-21H2,1-2H3. The van der Waals surface area contributed by atoms with Gasteiger partial charge in [0.2, 0.25) is 0 Å². The first-order valence-electron chi connectivity index (χ1n) is 12.3. The Labute approximate surface area is 198 Å². The first-order valence-corrected chi connectivity index (χ1v) is 12.3. The smallest absolute Gasteiger partial charge is 0.160 e. The molecular weight excluding hydrogens is 410 g/mol. The maximum atomic E-state index is 8.92. The highest BCUT2D eigenvalue weighted by atomic mass is 16.5. The number of piperidine rings is 2. The molecule has 176 valence electrons. The summed E-state index contributed by atoms with van der Waals surface area (Å²) in [5, 5.41) is 8.92. The van der Waals surface area contributed by atoms with E-state index in [-0.39, 0.29) is 0 Å². The Morgan fingerprint density at radius 3 is 2.06 bits per heavy atom. The largest absolute Gasteiger partial charge is 0.493 e. The van der Waals surface area contributed by atoms with Gasteiger partial charge in [0.1, 0.15) is 0 Å². The predicted octanol–water partition coefficient (Wildman–Crippen LogP) is 4.39. The van der Waals surface area contributed by atoms with E-state index < -0.39 is 0 Å². The van der Waals surface area contributed by atoms with Crippen LogP contribution in [0.4, 0.5) is 0 Å². The molecular formula is C28H37N3O2. The second kappa shape index (κ2) is 11.5. The Hall–Kier alpha value is -2.55. The topological polar surface area (TPSA) is 48.7 Å². The second-order valence-electron chi connectivity index (χ2n) is 9.69. The van der Waals surface area contributed by atoms with E-state index >= 15 is 0 Å². The Balaban J connectivity index is 1.18. The summed E-state index contributed by atoms with van der Waals surface area (Å²) in [6.45, 7) is 7.29. The third-order valence-corrected chi connectivity index (χ3v) is 7.17. The molecule has 2 unspecified atom stereocenters. The molecule has 0 saturated carbocycles. The zero-order chi connectivity index (χ0) is 23.0. The molecule has 0 radical (unpaired) electrons. The van der Waals surface area contributed by atoms with E-state index in [0.29, 0.717) is 0 Å². The molecule has 33 heavy (non-hydrogen) atoms. The normalized spacial score (nSPS) is 20.9. The molecule has 2 aromatic carbocycles. The summed E-state index contributed by atoms with van der Waals surface area (Å²) in [4.78, 5) is 5.39. The molecule has 5 heteroatoms. The maximum Gasteiger partial charge on any atom is 0.160 e. The monoisotopic (exact) mass is 447 g/mol. The molecule has 2 fully saturated rings. The molecule has 0 aromatic heterocycles. The first-order chi connectivity index (χ1) is 16.2. The molecule has 2 heterocycles. The summed E-state index contributed by atoms with van der Waals surface area (Å²) < 4.78 is 10.8. The average molecular weight is 448 g/mol. The number of hydrogen-bond acceptors (Lipinski definition) is 5. The minimum Gasteiger partial charge on any atom is -0.493 e. The van der Waals surface area contributed by atoms with Crippen LogP contribution >= 0.6 is 0 Å². The van der Waals surface area contributed by atoms with Crippen LogP contribution in [0.1, 0.15) is 36.0 Å². The lowest BCUT2D eigenvalue weighted by Crippen LogP contribution is -2.53. The predicted molar refractivity (Wildman–Crippen MR) is 132 cm³/mol. The van der Waals surface area contributed by atoms with E-state index in [4.69, 9.17) is 14.7 Å². The van der Waals surface area contributed by atoms with Crippen LogP contribution in [-0.2, 0) is 12.8 Å². The van der Waals surface area contributed by atoms with Crippen LogP contribution in [0.3, 0.4) is 0 Å². The van der Waals surface area contributed by atoms with Crippen molar-refractivity contribution in [1.82, 2.24) is 9.80 Å². The highest BCUT2D eigenvalue weighted by Gasteiger charge is 2.33. The second-order valence-corrected chi connectivity index (χ2v) is 9.69. The summed E-state index contributed by atoms with van der Waals surface area (Å²) in [5.41, 5.74) is 3.40. The molecule has 2 bridgehead atoms. The van der Waals surface area contributed by atoms with E-state index in [9.17, 15) is 0 Å². The van der Waals surface area contributed by atoms with Crippen molar-refractivity contribution < 1.29 is 9.47 Å². The Kier molecular flexibility index (Phi) is 8.25. The fraction of sp³-hybridized carbons (Fsp3) is 0.536. The molecule has 2 saturated heterocycles. The van der Waals surface area contributed by atoms with Gasteiger partial charge in [0.25, 0.3) is 0 Å². The van der Waals surface area contributed by atoms with Gasteiger partial charge in [-0.2, -0.15) is 5.26 Å². The quantitative estimate of drug-likeness (QED) is 0.506. The number of nitrogens with zero attached hydrogens (tertiary/aromatic N) is 3. The third kappa shape index (κ3) is 6.50. The van der Waals surface area contributed by atoms with E-state index in [1.54, 1.807) is 14.2 Å². The Morgan fingerprint density at radius 1 is 0.788 bits per heavy atom. The molecule has 0 N–H and O–H groups in total. The van der Waals surface area contributed by atoms with Gasteiger partial charge < -0.3 is 19.3 Å². The summed E-state index contributed by atoms with van der Waals surface area (Å²) in [5.74, 6) is 3.23. The molecule has 2 aliphatic rings. The van der Waals surface area contributed by atoms with Crippen LogP contribution < -0.4 is 9.47 Å². The maximum absolute atomic E-state index is 8.92. The highest BCUT2D eigenvalue weighted by molar-refractivity contribution is 5.43. The third-order valence-electron chi connectivity index (χ3n) is 7.17. The van der Waals surface area contributed by atoms with Gasteiger partial charge in [-0.05, 0) is 85.9 Å². The molecule has 2 aliphatic heterocycles. The lowest BCUT2D eigenvalue weighted by molar-refractivity contribution is 0.0312. The van der Waals surface area contributed by atoms with Gasteiger partial charge in [0.05, 0.1) is 25.9 Å². The number of ether oxygens (including phenoxy) is 2. The number of likely N-dealkylation sites (tertiary alicyclic amines) is 2. The Morgan fingerprint density at radius 2 is 1.42 bits per heavy atom. The van der Waals surface area contributed by atoms with E-state index in [0.717, 1.165) is 48.3 Å². The summed E-state index contributed by atoms with van der Waals surface area (Å²) in [6.07, 6.45) is 6.03. The van der Waals surface area contributed by atoms with Crippen LogP contribution in [0, 0.1) is 23.2 Å². The fourth-order valence-electron chi connectivity index (χ4n) is 5.59. The van der Waals surface area contributed by atoms with Gasteiger partial charge in [0, 0.05) is 32.7 Å². The fourth-order valence-corrected chi connectivity index (χ4v) is 5.59. The van der Waals surface area contributed by atoms with E-state index in [1.807, 2.05) is 18.2 Å². The number of aryl methyl sites for hydroxylation is 1. The molecule has 5 nitrogen and oxygen atoms in total. The van der Waals surface area contributed by atoms with Crippen molar-refractivity contribution in [3.63, 3.8) is 0 Å². The van der Waals surface area contributed by atoms with Crippen LogP contribution in [0.15, 0.2) is 42.5 Å². The molecule has 0 aliphatic carbocycles. The van der Waals surface area contributed by atoms with E-state index in [1.165, 1.54) is 63.1 Å². The SMILES string of the molecule is COc1ccc(CCN2CC3CC(CN(CCCCc4ccc(C#N)cc4)C3)C2)cc1OC. The number of fused-ring (bicyclic) bond motifs is 2. The number of nitriles is 1. The molecule has 2 atom stereocenters. The minimum atomic E-state index is 0.747. The average Bonchev–Trinajstić information content (AvgIpc) is 2.85. The number of benzene rings is 2. The molecule has 2 aromatic rings. The van der Waals surface area contributed by atoms with Crippen LogP contribution in [-0.4, -0.2) is 63.3 Å². The number of hydrogen-bond donors (Lipinski definition) is 0. The first kappa shape index (κ1) is 23.6. The summed E-state index contributed by atoms with van der Waals surface area (Å²) in [6, 6.07) is 16.5. The van der Waals surface area contributed by atoms with Crippen molar-refractivity contribution in [2.24, 2.45) is 11.8 Å². The number of unbranched alkanes of at least 4 members (excludes halogenated alkanes) is 1. The van der Waals surface area contributed by atoms with Crippen molar-refractivity contribution in [2.75, 3.05) is 53.5 Å². The van der Waals surface area contributed by atoms with Gasteiger partial charge in [-0.3, -0.25) is 0 Å². The van der Waals surface area contributed by atoms with Crippen LogP contribution in [0.25, 0.3) is 0 Å². The Bertz CT molecular complexity index is 923. The number of methoxy groups -OCH3 is 2.